The number of benzene rings is 4. The molecule has 206 valence electrons. The van der Waals surface area contributed by atoms with Crippen molar-refractivity contribution < 1.29 is 9.59 Å². The highest BCUT2D eigenvalue weighted by atomic mass is 35.5. The molecule has 4 aromatic carbocycles. The molecule has 0 saturated heterocycles. The molecular weight excluding hydrogens is 516 g/mol. The molecule has 0 aromatic heterocycles. The van der Waals surface area contributed by atoms with Gasteiger partial charge < -0.3 is 10.2 Å². The van der Waals surface area contributed by atoms with Crippen molar-refractivity contribution in [1.82, 2.24) is 10.2 Å². The molecule has 0 bridgehead atoms. The van der Waals surface area contributed by atoms with Gasteiger partial charge in [0.05, 0.1) is 0 Å². The quantitative estimate of drug-likeness (QED) is 0.201. The molecule has 0 spiro atoms. The van der Waals surface area contributed by atoms with Gasteiger partial charge in [-0.25, -0.2) is 0 Å². The first-order chi connectivity index (χ1) is 19.4. The fraction of sp³-hybridized carbons (Fsp3) is 0.257. The first-order valence-corrected chi connectivity index (χ1v) is 14.2. The van der Waals surface area contributed by atoms with Crippen molar-refractivity contribution in [3.8, 4) is 0 Å². The molecule has 4 aromatic rings. The third kappa shape index (κ3) is 8.30. The Balaban J connectivity index is 1.72. The van der Waals surface area contributed by atoms with Crippen LogP contribution >= 0.6 is 11.6 Å². The first-order valence-electron chi connectivity index (χ1n) is 13.9. The van der Waals surface area contributed by atoms with Gasteiger partial charge in [0.2, 0.25) is 11.8 Å². The predicted octanol–water partition coefficient (Wildman–Crippen LogP) is 7.27. The SMILES string of the molecule is CC(C)CNC(=O)C(Cc1ccccc1)N(Cc1ccc(Cl)cc1)C(=O)CC(c1ccccc1)c1ccccc1. The van der Waals surface area contributed by atoms with Crippen LogP contribution in [-0.4, -0.2) is 29.3 Å². The fourth-order valence-electron chi connectivity index (χ4n) is 4.85. The minimum absolute atomic E-state index is 0.0757. The molecule has 5 heteroatoms. The Bertz CT molecular complexity index is 1300. The van der Waals surface area contributed by atoms with Crippen molar-refractivity contribution in [3.05, 3.63) is 143 Å². The molecule has 4 rings (SSSR count). The van der Waals surface area contributed by atoms with Gasteiger partial charge in [0.25, 0.3) is 0 Å². The molecule has 0 saturated carbocycles. The molecule has 0 fully saturated rings. The Morgan fingerprint density at radius 2 is 1.25 bits per heavy atom. The zero-order valence-electron chi connectivity index (χ0n) is 23.2. The van der Waals surface area contributed by atoms with Crippen LogP contribution in [0.2, 0.25) is 5.02 Å². The molecule has 2 amide bonds. The Kier molecular flexibility index (Phi) is 10.5. The lowest BCUT2D eigenvalue weighted by Gasteiger charge is -2.33. The van der Waals surface area contributed by atoms with Crippen LogP contribution < -0.4 is 5.32 Å². The minimum Gasteiger partial charge on any atom is -0.354 e. The van der Waals surface area contributed by atoms with Crippen LogP contribution in [0.25, 0.3) is 0 Å². The summed E-state index contributed by atoms with van der Waals surface area (Å²) in [7, 11) is 0. The van der Waals surface area contributed by atoms with E-state index in [0.717, 1.165) is 22.3 Å². The molecule has 0 aliphatic rings. The molecule has 40 heavy (non-hydrogen) atoms. The monoisotopic (exact) mass is 552 g/mol. The Hall–Kier alpha value is -3.89. The molecule has 0 radical (unpaired) electrons. The Morgan fingerprint density at radius 1 is 0.725 bits per heavy atom. The number of halogens is 1. The second kappa shape index (κ2) is 14.5. The summed E-state index contributed by atoms with van der Waals surface area (Å²) < 4.78 is 0. The molecule has 1 N–H and O–H groups in total. The van der Waals surface area contributed by atoms with E-state index in [9.17, 15) is 9.59 Å². The van der Waals surface area contributed by atoms with Crippen molar-refractivity contribution in [2.75, 3.05) is 6.54 Å². The van der Waals surface area contributed by atoms with E-state index >= 15 is 0 Å². The van der Waals surface area contributed by atoms with E-state index in [0.29, 0.717) is 30.5 Å². The van der Waals surface area contributed by atoms with Crippen molar-refractivity contribution in [2.24, 2.45) is 5.92 Å². The third-order valence-electron chi connectivity index (χ3n) is 7.00. The number of hydrogen-bond donors (Lipinski definition) is 1. The zero-order valence-corrected chi connectivity index (χ0v) is 23.9. The van der Waals surface area contributed by atoms with Crippen LogP contribution in [0, 0.1) is 5.92 Å². The number of carbonyl (C=O) groups is 2. The number of rotatable bonds is 12. The summed E-state index contributed by atoms with van der Waals surface area (Å²) in [6.07, 6.45) is 0.663. The van der Waals surface area contributed by atoms with Gasteiger partial charge in [-0.15, -0.1) is 0 Å². The van der Waals surface area contributed by atoms with Gasteiger partial charge in [0.15, 0.2) is 0 Å². The second-order valence-corrected chi connectivity index (χ2v) is 11.0. The highest BCUT2D eigenvalue weighted by molar-refractivity contribution is 6.30. The first kappa shape index (κ1) is 29.1. The maximum absolute atomic E-state index is 14.4. The van der Waals surface area contributed by atoms with Crippen LogP contribution in [0.1, 0.15) is 48.4 Å². The smallest absolute Gasteiger partial charge is 0.243 e. The van der Waals surface area contributed by atoms with Crippen molar-refractivity contribution in [3.63, 3.8) is 0 Å². The van der Waals surface area contributed by atoms with Crippen molar-refractivity contribution in [2.45, 2.75) is 45.2 Å². The zero-order chi connectivity index (χ0) is 28.3. The van der Waals surface area contributed by atoms with Crippen LogP contribution in [-0.2, 0) is 22.6 Å². The number of hydrogen-bond acceptors (Lipinski definition) is 2. The summed E-state index contributed by atoms with van der Waals surface area (Å²) in [6, 6.07) is 36.9. The second-order valence-electron chi connectivity index (χ2n) is 10.6. The van der Waals surface area contributed by atoms with Gasteiger partial charge in [-0.3, -0.25) is 9.59 Å². The van der Waals surface area contributed by atoms with Crippen molar-refractivity contribution >= 4 is 23.4 Å². The van der Waals surface area contributed by atoms with E-state index in [1.165, 1.54) is 0 Å². The molecule has 0 aliphatic heterocycles. The number of nitrogens with zero attached hydrogens (tertiary/aromatic N) is 1. The average Bonchev–Trinajstić information content (AvgIpc) is 2.98. The van der Waals surface area contributed by atoms with Gasteiger partial charge in [-0.05, 0) is 40.3 Å². The van der Waals surface area contributed by atoms with Gasteiger partial charge >= 0.3 is 0 Å². The van der Waals surface area contributed by atoms with Gasteiger partial charge in [-0.1, -0.05) is 129 Å². The van der Waals surface area contributed by atoms with E-state index in [1.807, 2.05) is 91.0 Å². The summed E-state index contributed by atoms with van der Waals surface area (Å²) in [5.41, 5.74) is 4.06. The molecule has 1 unspecified atom stereocenters. The van der Waals surface area contributed by atoms with E-state index in [4.69, 9.17) is 11.6 Å². The lowest BCUT2D eigenvalue weighted by atomic mass is 9.87. The van der Waals surface area contributed by atoms with Crippen LogP contribution in [0.3, 0.4) is 0 Å². The third-order valence-corrected chi connectivity index (χ3v) is 7.26. The number of carbonyl (C=O) groups excluding carboxylic acids is 2. The molecule has 4 nitrogen and oxygen atoms in total. The summed E-state index contributed by atoms with van der Waals surface area (Å²) in [5, 5.41) is 3.73. The van der Waals surface area contributed by atoms with Crippen LogP contribution in [0.4, 0.5) is 0 Å². The number of nitrogens with one attached hydrogen (secondary N) is 1. The lowest BCUT2D eigenvalue weighted by Crippen LogP contribution is -2.51. The number of amides is 2. The maximum Gasteiger partial charge on any atom is 0.243 e. The molecule has 0 heterocycles. The summed E-state index contributed by atoms with van der Waals surface area (Å²) in [4.78, 5) is 29.9. The van der Waals surface area contributed by atoms with Crippen LogP contribution in [0.15, 0.2) is 115 Å². The van der Waals surface area contributed by atoms with Gasteiger partial charge in [-0.2, -0.15) is 0 Å². The average molecular weight is 553 g/mol. The van der Waals surface area contributed by atoms with Gasteiger partial charge in [0, 0.05) is 36.9 Å². The lowest BCUT2D eigenvalue weighted by molar-refractivity contribution is -0.141. The maximum atomic E-state index is 14.4. The summed E-state index contributed by atoms with van der Waals surface area (Å²) in [5.74, 6) is -0.0647. The van der Waals surface area contributed by atoms with E-state index in [1.54, 1.807) is 4.90 Å². The standard InChI is InChI=1S/C35H37ClN2O2/c1-26(2)24-37-35(40)33(22-27-12-6-3-7-13-27)38(25-28-18-20-31(36)21-19-28)34(39)23-32(29-14-8-4-9-15-29)30-16-10-5-11-17-30/h3-21,26,32-33H,22-25H2,1-2H3,(H,37,40). The minimum atomic E-state index is -0.670. The predicted molar refractivity (Wildman–Crippen MR) is 163 cm³/mol. The summed E-state index contributed by atoms with van der Waals surface area (Å²) in [6.45, 7) is 4.98. The van der Waals surface area contributed by atoms with E-state index < -0.39 is 6.04 Å². The highest BCUT2D eigenvalue weighted by Crippen LogP contribution is 2.30. The van der Waals surface area contributed by atoms with Crippen LogP contribution in [0.5, 0.6) is 0 Å². The van der Waals surface area contributed by atoms with Gasteiger partial charge in [0.1, 0.15) is 6.04 Å². The normalized spacial score (nSPS) is 11.8. The largest absolute Gasteiger partial charge is 0.354 e. The van der Waals surface area contributed by atoms with Crippen molar-refractivity contribution in [1.29, 1.82) is 0 Å². The fourth-order valence-corrected chi connectivity index (χ4v) is 4.98. The summed E-state index contributed by atoms with van der Waals surface area (Å²) >= 11 is 6.16. The van der Waals surface area contributed by atoms with E-state index in [-0.39, 0.29) is 24.2 Å². The Labute approximate surface area is 243 Å². The topological polar surface area (TPSA) is 49.4 Å². The highest BCUT2D eigenvalue weighted by Gasteiger charge is 2.32. The molecular formula is C35H37ClN2O2. The Morgan fingerprint density at radius 3 is 1.77 bits per heavy atom. The molecule has 0 aliphatic carbocycles. The molecule has 1 atom stereocenters. The van der Waals surface area contributed by atoms with E-state index in [2.05, 4.69) is 43.4 Å².